The van der Waals surface area contributed by atoms with Gasteiger partial charge in [0.05, 0.1) is 0 Å². The van der Waals surface area contributed by atoms with Crippen LogP contribution in [0.1, 0.15) is 43.5 Å². The van der Waals surface area contributed by atoms with E-state index in [-0.39, 0.29) is 0 Å². The van der Waals surface area contributed by atoms with Gasteiger partial charge < -0.3 is 10.6 Å². The third-order valence-electron chi connectivity index (χ3n) is 5.99. The largest absolute Gasteiger partial charge is 0.357 e. The molecule has 0 bridgehead atoms. The first kappa shape index (κ1) is 21.3. The minimum Gasteiger partial charge on any atom is -0.357 e. The lowest BCUT2D eigenvalue weighted by Crippen LogP contribution is -2.49. The number of nitrogens with one attached hydrogen (secondary N) is 2. The highest BCUT2D eigenvalue weighted by molar-refractivity contribution is 7.10. The summed E-state index contributed by atoms with van der Waals surface area (Å²) >= 11 is 1.88. The molecule has 0 aliphatic carbocycles. The van der Waals surface area contributed by atoms with E-state index in [0.717, 1.165) is 38.7 Å². The number of guanidine groups is 1. The van der Waals surface area contributed by atoms with Gasteiger partial charge in [-0.1, -0.05) is 12.1 Å². The van der Waals surface area contributed by atoms with E-state index in [1.165, 1.54) is 37.1 Å². The summed E-state index contributed by atoms with van der Waals surface area (Å²) in [6.07, 6.45) is 6.87. The molecule has 2 atom stereocenters. The summed E-state index contributed by atoms with van der Waals surface area (Å²) in [4.78, 5) is 11.5. The number of thiophene rings is 1. The van der Waals surface area contributed by atoms with Crippen LogP contribution in [0.5, 0.6) is 0 Å². The van der Waals surface area contributed by atoms with Gasteiger partial charge in [0.2, 0.25) is 0 Å². The predicted molar refractivity (Wildman–Crippen MR) is 121 cm³/mol. The van der Waals surface area contributed by atoms with Crippen molar-refractivity contribution < 1.29 is 0 Å². The molecule has 6 heteroatoms. The van der Waals surface area contributed by atoms with E-state index in [0.29, 0.717) is 18.0 Å². The molecule has 2 aliphatic rings. The van der Waals surface area contributed by atoms with Crippen molar-refractivity contribution in [3.8, 4) is 0 Å². The van der Waals surface area contributed by atoms with Gasteiger partial charge in [0.15, 0.2) is 5.96 Å². The lowest BCUT2D eigenvalue weighted by molar-refractivity contribution is 0.128. The lowest BCUT2D eigenvalue weighted by Gasteiger charge is -2.38. The maximum atomic E-state index is 5.02. The second-order valence-corrected chi connectivity index (χ2v) is 9.05. The SMILES string of the molecule is C=CCN1CCC(NC(=NCC2CCCN(C)C2c2cccs2)NCC)CC1. The molecule has 1 aromatic rings. The molecule has 28 heavy (non-hydrogen) atoms. The van der Waals surface area contributed by atoms with Crippen LogP contribution in [-0.2, 0) is 0 Å². The van der Waals surface area contributed by atoms with Crippen LogP contribution in [0.25, 0.3) is 0 Å². The van der Waals surface area contributed by atoms with Crippen molar-refractivity contribution in [2.45, 2.75) is 44.7 Å². The summed E-state index contributed by atoms with van der Waals surface area (Å²) in [6.45, 7) is 12.2. The average molecular weight is 404 g/mol. The minimum atomic E-state index is 0.502. The van der Waals surface area contributed by atoms with Crippen LogP contribution < -0.4 is 10.6 Å². The molecule has 5 nitrogen and oxygen atoms in total. The monoisotopic (exact) mass is 403 g/mol. The van der Waals surface area contributed by atoms with Gasteiger partial charge in [0, 0.05) is 49.7 Å². The molecule has 0 aromatic carbocycles. The first-order valence-corrected chi connectivity index (χ1v) is 11.7. The second-order valence-electron chi connectivity index (χ2n) is 8.07. The van der Waals surface area contributed by atoms with Gasteiger partial charge in [-0.2, -0.15) is 0 Å². The average Bonchev–Trinajstić information content (AvgIpc) is 3.22. The molecule has 156 valence electrons. The summed E-state index contributed by atoms with van der Waals surface area (Å²) < 4.78 is 0. The quantitative estimate of drug-likeness (QED) is 0.416. The molecule has 2 saturated heterocycles. The number of nitrogens with zero attached hydrogens (tertiary/aromatic N) is 3. The van der Waals surface area contributed by atoms with Crippen molar-refractivity contribution in [3.05, 3.63) is 35.0 Å². The molecule has 1 aromatic heterocycles. The summed E-state index contributed by atoms with van der Waals surface area (Å²) in [7, 11) is 2.26. The third kappa shape index (κ3) is 5.82. The molecule has 2 fully saturated rings. The van der Waals surface area contributed by atoms with Crippen LogP contribution in [0.15, 0.2) is 35.2 Å². The van der Waals surface area contributed by atoms with Gasteiger partial charge >= 0.3 is 0 Å². The van der Waals surface area contributed by atoms with E-state index in [4.69, 9.17) is 4.99 Å². The smallest absolute Gasteiger partial charge is 0.191 e. The minimum absolute atomic E-state index is 0.502. The zero-order chi connectivity index (χ0) is 19.8. The number of aliphatic imine (C=N–C) groups is 1. The Kier molecular flexibility index (Phi) is 8.37. The van der Waals surface area contributed by atoms with Crippen molar-refractivity contribution in [3.63, 3.8) is 0 Å². The lowest BCUT2D eigenvalue weighted by atomic mass is 9.88. The van der Waals surface area contributed by atoms with Crippen LogP contribution in [0.2, 0.25) is 0 Å². The van der Waals surface area contributed by atoms with Crippen LogP contribution in [-0.4, -0.2) is 68.1 Å². The van der Waals surface area contributed by atoms with E-state index in [1.54, 1.807) is 0 Å². The van der Waals surface area contributed by atoms with Crippen molar-refractivity contribution in [2.75, 3.05) is 46.3 Å². The van der Waals surface area contributed by atoms with E-state index < -0.39 is 0 Å². The van der Waals surface area contributed by atoms with Crippen LogP contribution in [0, 0.1) is 5.92 Å². The maximum Gasteiger partial charge on any atom is 0.191 e. The molecule has 0 radical (unpaired) electrons. The Labute approximate surface area is 174 Å². The summed E-state index contributed by atoms with van der Waals surface area (Å²) in [6, 6.07) is 5.48. The van der Waals surface area contributed by atoms with Crippen LogP contribution in [0.3, 0.4) is 0 Å². The van der Waals surface area contributed by atoms with Crippen molar-refractivity contribution in [1.29, 1.82) is 0 Å². The Balaban J connectivity index is 1.59. The van der Waals surface area contributed by atoms with Crippen molar-refractivity contribution in [2.24, 2.45) is 10.9 Å². The standard InChI is InChI=1S/C22H37N5S/c1-4-12-27-14-10-19(11-15-27)25-22(23-5-2)24-17-18-8-6-13-26(3)21(18)20-9-7-16-28-20/h4,7,9,16,18-19,21H,1,5-6,8,10-15,17H2,2-3H3,(H2,23,24,25). The molecular weight excluding hydrogens is 366 g/mol. The van der Waals surface area contributed by atoms with Gasteiger partial charge in [0.25, 0.3) is 0 Å². The van der Waals surface area contributed by atoms with Crippen LogP contribution >= 0.6 is 11.3 Å². The normalized spacial score (nSPS) is 25.6. The number of likely N-dealkylation sites (tertiary alicyclic amines) is 2. The number of hydrogen-bond acceptors (Lipinski definition) is 4. The van der Waals surface area contributed by atoms with Crippen molar-refractivity contribution >= 4 is 17.3 Å². The van der Waals surface area contributed by atoms with Gasteiger partial charge in [-0.25, -0.2) is 0 Å². The Bertz CT molecular complexity index is 606. The highest BCUT2D eigenvalue weighted by atomic mass is 32.1. The van der Waals surface area contributed by atoms with Crippen LogP contribution in [0.4, 0.5) is 0 Å². The molecule has 0 amide bonds. The molecule has 2 N–H and O–H groups in total. The summed E-state index contributed by atoms with van der Waals surface area (Å²) in [5, 5.41) is 9.36. The Morgan fingerprint density at radius 1 is 1.32 bits per heavy atom. The summed E-state index contributed by atoms with van der Waals surface area (Å²) in [5.74, 6) is 1.57. The zero-order valence-corrected chi connectivity index (χ0v) is 18.4. The summed E-state index contributed by atoms with van der Waals surface area (Å²) in [5.41, 5.74) is 0. The Hall–Kier alpha value is -1.37. The van der Waals surface area contributed by atoms with Crippen molar-refractivity contribution in [1.82, 2.24) is 20.4 Å². The third-order valence-corrected chi connectivity index (χ3v) is 6.93. The molecule has 2 aliphatic heterocycles. The fourth-order valence-electron chi connectivity index (χ4n) is 4.52. The fourth-order valence-corrected chi connectivity index (χ4v) is 5.51. The van der Waals surface area contributed by atoms with E-state index in [9.17, 15) is 0 Å². The highest BCUT2D eigenvalue weighted by Crippen LogP contribution is 2.37. The second kappa shape index (κ2) is 11.0. The molecule has 0 spiro atoms. The van der Waals surface area contributed by atoms with E-state index in [1.807, 2.05) is 17.4 Å². The van der Waals surface area contributed by atoms with Gasteiger partial charge in [0.1, 0.15) is 0 Å². The highest BCUT2D eigenvalue weighted by Gasteiger charge is 2.31. The predicted octanol–water partition coefficient (Wildman–Crippen LogP) is 3.34. The topological polar surface area (TPSA) is 42.9 Å². The molecule has 2 unspecified atom stereocenters. The van der Waals surface area contributed by atoms with E-state index in [2.05, 4.69) is 58.5 Å². The van der Waals surface area contributed by atoms with Gasteiger partial charge in [-0.15, -0.1) is 17.9 Å². The van der Waals surface area contributed by atoms with Gasteiger partial charge in [-0.3, -0.25) is 14.8 Å². The zero-order valence-electron chi connectivity index (χ0n) is 17.6. The number of piperidine rings is 2. The molecule has 0 saturated carbocycles. The fraction of sp³-hybridized carbons (Fsp3) is 0.682. The first-order valence-electron chi connectivity index (χ1n) is 10.8. The first-order chi connectivity index (χ1) is 13.7. The number of hydrogen-bond donors (Lipinski definition) is 2. The Morgan fingerprint density at radius 3 is 2.82 bits per heavy atom. The Morgan fingerprint density at radius 2 is 2.14 bits per heavy atom. The molecule has 3 rings (SSSR count). The van der Waals surface area contributed by atoms with Gasteiger partial charge in [-0.05, 0) is 63.6 Å². The number of rotatable bonds is 7. The van der Waals surface area contributed by atoms with E-state index >= 15 is 0 Å². The molecular formula is C22H37N5S. The molecule has 3 heterocycles. The maximum absolute atomic E-state index is 5.02.